The first-order chi connectivity index (χ1) is 15.5. The molecular formula is C23H27FN6O2. The van der Waals surface area contributed by atoms with Gasteiger partial charge in [-0.15, -0.1) is 0 Å². The quantitative estimate of drug-likeness (QED) is 0.463. The summed E-state index contributed by atoms with van der Waals surface area (Å²) in [5, 5.41) is 19.7. The predicted molar refractivity (Wildman–Crippen MR) is 116 cm³/mol. The molecule has 3 amide bonds. The second-order valence-corrected chi connectivity index (χ2v) is 8.39. The van der Waals surface area contributed by atoms with Crippen molar-refractivity contribution in [1.29, 1.82) is 5.26 Å². The van der Waals surface area contributed by atoms with Gasteiger partial charge in [0.05, 0.1) is 24.7 Å². The lowest BCUT2D eigenvalue weighted by atomic mass is 9.98. The van der Waals surface area contributed by atoms with Crippen molar-refractivity contribution in [2.45, 2.75) is 57.2 Å². The van der Waals surface area contributed by atoms with Gasteiger partial charge in [0.1, 0.15) is 11.4 Å². The van der Waals surface area contributed by atoms with Gasteiger partial charge in [-0.25, -0.2) is 9.18 Å². The van der Waals surface area contributed by atoms with E-state index in [1.807, 2.05) is 6.20 Å². The number of urea groups is 1. The van der Waals surface area contributed by atoms with Crippen LogP contribution in [-0.4, -0.2) is 45.2 Å². The van der Waals surface area contributed by atoms with Crippen LogP contribution in [0.4, 0.5) is 9.18 Å². The first-order valence-corrected chi connectivity index (χ1v) is 11.1. The maximum absolute atomic E-state index is 13.3. The Morgan fingerprint density at radius 1 is 1.19 bits per heavy atom. The molecule has 9 heteroatoms. The fourth-order valence-corrected chi connectivity index (χ4v) is 4.50. The highest BCUT2D eigenvalue weighted by molar-refractivity contribution is 6.07. The topological polar surface area (TPSA) is 103 Å². The van der Waals surface area contributed by atoms with Crippen LogP contribution in [-0.2, 0) is 17.9 Å². The summed E-state index contributed by atoms with van der Waals surface area (Å²) in [6.45, 7) is 2.02. The van der Waals surface area contributed by atoms with E-state index in [1.165, 1.54) is 17.0 Å². The minimum atomic E-state index is -0.660. The summed E-state index contributed by atoms with van der Waals surface area (Å²) in [5.74, 6) is -0.394. The monoisotopic (exact) mass is 438 g/mol. The van der Waals surface area contributed by atoms with E-state index in [1.54, 1.807) is 16.8 Å². The van der Waals surface area contributed by atoms with Crippen LogP contribution in [0.1, 0.15) is 44.1 Å². The van der Waals surface area contributed by atoms with Crippen molar-refractivity contribution in [3.05, 3.63) is 41.8 Å². The van der Waals surface area contributed by atoms with E-state index in [0.29, 0.717) is 39.0 Å². The molecule has 1 aromatic heterocycles. The lowest BCUT2D eigenvalue weighted by Gasteiger charge is -2.20. The molecule has 4 rings (SSSR count). The number of carbonyl (C=O) groups excluding carboxylic acids is 2. The third-order valence-electron chi connectivity index (χ3n) is 6.16. The summed E-state index contributed by atoms with van der Waals surface area (Å²) < 4.78 is 15.0. The number of nitriles is 1. The molecule has 2 aromatic rings. The molecule has 1 saturated carbocycles. The minimum absolute atomic E-state index is 0.0858. The number of hydrogen-bond donors (Lipinski definition) is 2. The zero-order valence-corrected chi connectivity index (χ0v) is 17.9. The Balaban J connectivity index is 1.33. The lowest BCUT2D eigenvalue weighted by Crippen LogP contribution is -2.44. The number of aromatic nitrogens is 2. The molecule has 1 spiro atoms. The van der Waals surface area contributed by atoms with Crippen LogP contribution in [0.25, 0.3) is 11.3 Å². The molecule has 168 valence electrons. The number of carbonyl (C=O) groups is 2. The van der Waals surface area contributed by atoms with Gasteiger partial charge in [-0.2, -0.15) is 10.4 Å². The Morgan fingerprint density at radius 2 is 1.94 bits per heavy atom. The molecule has 8 nitrogen and oxygen atoms in total. The smallest absolute Gasteiger partial charge is 0.323 e. The second kappa shape index (κ2) is 9.49. The molecule has 0 unspecified atom stereocenters. The van der Waals surface area contributed by atoms with Crippen molar-refractivity contribution in [3.63, 3.8) is 0 Å². The molecule has 1 saturated heterocycles. The summed E-state index contributed by atoms with van der Waals surface area (Å²) in [6.07, 6.45) is 6.29. The maximum atomic E-state index is 13.3. The van der Waals surface area contributed by atoms with Gasteiger partial charge in [0.25, 0.3) is 5.91 Å². The first-order valence-electron chi connectivity index (χ1n) is 11.1. The summed E-state index contributed by atoms with van der Waals surface area (Å²) in [4.78, 5) is 26.3. The molecule has 2 fully saturated rings. The molecule has 0 atom stereocenters. The van der Waals surface area contributed by atoms with Gasteiger partial charge in [-0.1, -0.05) is 12.8 Å². The fraction of sp³-hybridized carbons (Fsp3) is 0.478. The number of halogens is 1. The predicted octanol–water partition coefficient (Wildman–Crippen LogP) is 2.95. The third kappa shape index (κ3) is 4.50. The fourth-order valence-electron chi connectivity index (χ4n) is 4.50. The van der Waals surface area contributed by atoms with Crippen molar-refractivity contribution in [3.8, 4) is 17.3 Å². The standard InChI is InChI=1S/C23H27FN6O2/c24-19-7-5-17(6-8-19)20-18(16-29(28-20)13-3-11-25)15-26-12-4-14-30-21(31)23(27-22(30)32)9-1-2-10-23/h5-8,16,26H,1-4,9-10,12-15H2,(H,27,32). The summed E-state index contributed by atoms with van der Waals surface area (Å²) in [7, 11) is 0. The average molecular weight is 439 g/mol. The molecule has 0 radical (unpaired) electrons. The zero-order chi connectivity index (χ0) is 22.6. The van der Waals surface area contributed by atoms with Crippen LogP contribution in [0.15, 0.2) is 30.5 Å². The van der Waals surface area contributed by atoms with Crippen LogP contribution in [0.2, 0.25) is 0 Å². The van der Waals surface area contributed by atoms with E-state index < -0.39 is 5.54 Å². The van der Waals surface area contributed by atoms with Crippen molar-refractivity contribution in [2.75, 3.05) is 13.1 Å². The minimum Gasteiger partial charge on any atom is -0.323 e. The van der Waals surface area contributed by atoms with Crippen LogP contribution in [0.5, 0.6) is 0 Å². The first kappa shape index (κ1) is 22.0. The average Bonchev–Trinajstić information content (AvgIpc) is 3.47. The molecule has 1 aliphatic heterocycles. The van der Waals surface area contributed by atoms with Gasteiger partial charge in [0.2, 0.25) is 0 Å². The van der Waals surface area contributed by atoms with Gasteiger partial charge in [-0.3, -0.25) is 14.4 Å². The van der Waals surface area contributed by atoms with Gasteiger partial charge in [0.15, 0.2) is 0 Å². The number of hydrogen-bond acceptors (Lipinski definition) is 5. The molecule has 32 heavy (non-hydrogen) atoms. The number of rotatable bonds is 9. The molecule has 2 heterocycles. The maximum Gasteiger partial charge on any atom is 0.325 e. The second-order valence-electron chi connectivity index (χ2n) is 8.39. The Hall–Kier alpha value is -3.25. The van der Waals surface area contributed by atoms with E-state index in [9.17, 15) is 14.0 Å². The van der Waals surface area contributed by atoms with Gasteiger partial charge >= 0.3 is 6.03 Å². The van der Waals surface area contributed by atoms with E-state index in [4.69, 9.17) is 5.26 Å². The summed E-state index contributed by atoms with van der Waals surface area (Å²) in [5.41, 5.74) is 1.83. The number of imide groups is 1. The molecule has 2 N–H and O–H groups in total. The Kier molecular flexibility index (Phi) is 6.51. The highest BCUT2D eigenvalue weighted by Gasteiger charge is 2.51. The number of amides is 3. The van der Waals surface area contributed by atoms with Crippen molar-refractivity contribution >= 4 is 11.9 Å². The van der Waals surface area contributed by atoms with Crippen LogP contribution in [0, 0.1) is 17.1 Å². The van der Waals surface area contributed by atoms with Crippen molar-refractivity contribution < 1.29 is 14.0 Å². The summed E-state index contributed by atoms with van der Waals surface area (Å²) >= 11 is 0. The van der Waals surface area contributed by atoms with E-state index >= 15 is 0 Å². The van der Waals surface area contributed by atoms with Gasteiger partial charge < -0.3 is 10.6 Å². The highest BCUT2D eigenvalue weighted by Crippen LogP contribution is 2.35. The third-order valence-corrected chi connectivity index (χ3v) is 6.16. The van der Waals surface area contributed by atoms with Crippen molar-refractivity contribution in [2.24, 2.45) is 0 Å². The Labute approximate surface area is 186 Å². The summed E-state index contributed by atoms with van der Waals surface area (Å²) in [6, 6.07) is 8.00. The van der Waals surface area contributed by atoms with Crippen molar-refractivity contribution in [1.82, 2.24) is 25.3 Å². The van der Waals surface area contributed by atoms with Crippen LogP contribution >= 0.6 is 0 Å². The van der Waals surface area contributed by atoms with E-state index in [0.717, 1.165) is 42.5 Å². The van der Waals surface area contributed by atoms with Crippen LogP contribution in [0.3, 0.4) is 0 Å². The number of nitrogens with one attached hydrogen (secondary N) is 2. The molecule has 0 bridgehead atoms. The number of aryl methyl sites for hydroxylation is 1. The van der Waals surface area contributed by atoms with Gasteiger partial charge in [-0.05, 0) is 50.1 Å². The molecular weight excluding hydrogens is 411 g/mol. The molecule has 1 aliphatic carbocycles. The van der Waals surface area contributed by atoms with E-state index in [2.05, 4.69) is 21.8 Å². The normalized spacial score (nSPS) is 17.2. The SMILES string of the molecule is N#CCCn1cc(CNCCCN2C(=O)NC3(CCCC3)C2=O)c(-c2ccc(F)cc2)n1. The van der Waals surface area contributed by atoms with E-state index in [-0.39, 0.29) is 17.8 Å². The Morgan fingerprint density at radius 3 is 2.66 bits per heavy atom. The number of benzene rings is 1. The van der Waals surface area contributed by atoms with Crippen LogP contribution < -0.4 is 10.6 Å². The number of nitrogens with zero attached hydrogens (tertiary/aromatic N) is 4. The highest BCUT2D eigenvalue weighted by atomic mass is 19.1. The zero-order valence-electron chi connectivity index (χ0n) is 17.9. The van der Waals surface area contributed by atoms with Gasteiger partial charge in [0, 0.05) is 30.4 Å². The molecule has 1 aromatic carbocycles. The molecule has 2 aliphatic rings. The Bertz CT molecular complexity index is 1020. The lowest BCUT2D eigenvalue weighted by molar-refractivity contribution is -0.131. The largest absolute Gasteiger partial charge is 0.325 e.